The molecular formula is C27H32F2N8O4. The van der Waals surface area contributed by atoms with Gasteiger partial charge in [0, 0.05) is 30.2 Å². The van der Waals surface area contributed by atoms with Crippen molar-refractivity contribution in [3.63, 3.8) is 0 Å². The Morgan fingerprint density at radius 1 is 0.829 bits per heavy atom. The Morgan fingerprint density at radius 2 is 1.41 bits per heavy atom. The largest absolute Gasteiger partial charge is 0.381 e. The average Bonchev–Trinajstić information content (AvgIpc) is 3.65. The number of carbonyl (C=O) groups excluding carboxylic acids is 2. The Morgan fingerprint density at radius 3 is 1.93 bits per heavy atom. The summed E-state index contributed by atoms with van der Waals surface area (Å²) in [4.78, 5) is 29.9. The number of carbonyl (C=O) groups is 2. The van der Waals surface area contributed by atoms with Crippen molar-refractivity contribution >= 4 is 17.5 Å². The number of nitrogens with one attached hydrogen (secondary N) is 2. The first-order chi connectivity index (χ1) is 19.8. The number of amides is 2. The van der Waals surface area contributed by atoms with Crippen LogP contribution >= 0.6 is 0 Å². The molecule has 2 heterocycles. The summed E-state index contributed by atoms with van der Waals surface area (Å²) in [6.07, 6.45) is 9.53. The molecular weight excluding hydrogens is 538 g/mol. The zero-order chi connectivity index (χ0) is 29.5. The number of aliphatic hydroxyl groups is 1. The van der Waals surface area contributed by atoms with Crippen LogP contribution < -0.4 is 10.8 Å². The van der Waals surface area contributed by atoms with Gasteiger partial charge < -0.3 is 10.4 Å². The van der Waals surface area contributed by atoms with Gasteiger partial charge in [-0.3, -0.25) is 14.8 Å². The molecule has 0 atom stereocenters. The van der Waals surface area contributed by atoms with E-state index in [9.17, 15) is 23.5 Å². The lowest BCUT2D eigenvalue weighted by atomic mass is 9.93. The fraction of sp³-hybridized carbons (Fsp3) is 0.333. The van der Waals surface area contributed by atoms with Crippen LogP contribution in [0.2, 0.25) is 0 Å². The highest BCUT2D eigenvalue weighted by Crippen LogP contribution is 2.28. The Bertz CT molecular complexity index is 1300. The van der Waals surface area contributed by atoms with E-state index in [0.29, 0.717) is 12.8 Å². The molecule has 0 radical (unpaired) electrons. The molecule has 0 aliphatic carbocycles. The normalized spacial score (nSPS) is 10.9. The van der Waals surface area contributed by atoms with Gasteiger partial charge >= 0.3 is 0 Å². The van der Waals surface area contributed by atoms with Crippen LogP contribution in [0.4, 0.5) is 14.5 Å². The highest BCUT2D eigenvalue weighted by molar-refractivity contribution is 5.90. The summed E-state index contributed by atoms with van der Waals surface area (Å²) in [5.41, 5.74) is 0.660. The first-order valence-corrected chi connectivity index (χ1v) is 12.9. The fourth-order valence-corrected chi connectivity index (χ4v) is 3.98. The minimum absolute atomic E-state index is 0.0132. The van der Waals surface area contributed by atoms with Crippen LogP contribution in [0, 0.1) is 11.6 Å². The first-order valence-electron chi connectivity index (χ1n) is 12.9. The molecule has 2 aromatic carbocycles. The fourth-order valence-electron chi connectivity index (χ4n) is 3.98. The Hall–Kier alpha value is -4.56. The van der Waals surface area contributed by atoms with E-state index in [2.05, 4.69) is 25.5 Å². The van der Waals surface area contributed by atoms with E-state index in [0.717, 1.165) is 43.5 Å². The third kappa shape index (κ3) is 10.5. The lowest BCUT2D eigenvalue weighted by Gasteiger charge is -2.28. The van der Waals surface area contributed by atoms with Gasteiger partial charge in [0.05, 0.1) is 13.1 Å². The predicted molar refractivity (Wildman–Crippen MR) is 143 cm³/mol. The van der Waals surface area contributed by atoms with E-state index < -0.39 is 17.2 Å². The van der Waals surface area contributed by atoms with Gasteiger partial charge in [-0.15, -0.1) is 0 Å². The summed E-state index contributed by atoms with van der Waals surface area (Å²) in [6, 6.07) is 12.4. The summed E-state index contributed by atoms with van der Waals surface area (Å²) in [6.45, 7) is -0.148. The third-order valence-electron chi connectivity index (χ3n) is 5.95. The second-order valence-corrected chi connectivity index (χ2v) is 9.21. The summed E-state index contributed by atoms with van der Waals surface area (Å²) in [7, 11) is 0. The molecule has 4 N–H and O–H groups in total. The maximum atomic E-state index is 14.1. The SMILES string of the molecule is O=C(CCCCCCC(=O)Nc1ccccc1)NO.OC(Cn1cncn1)(Cn1cncn1)c1ccc(F)cc1F. The second-order valence-electron chi connectivity index (χ2n) is 9.21. The lowest BCUT2D eigenvalue weighted by Crippen LogP contribution is -2.37. The molecule has 218 valence electrons. The third-order valence-corrected chi connectivity index (χ3v) is 5.95. The van der Waals surface area contributed by atoms with Crippen molar-refractivity contribution in [2.24, 2.45) is 0 Å². The Kier molecular flexibility index (Phi) is 12.0. The topological polar surface area (TPSA) is 160 Å². The summed E-state index contributed by atoms with van der Waals surface area (Å²) < 4.78 is 29.9. The maximum Gasteiger partial charge on any atom is 0.243 e. The van der Waals surface area contributed by atoms with Gasteiger partial charge in [0.1, 0.15) is 42.5 Å². The molecule has 0 fully saturated rings. The van der Waals surface area contributed by atoms with Crippen LogP contribution in [0.25, 0.3) is 0 Å². The predicted octanol–water partition coefficient (Wildman–Crippen LogP) is 3.21. The van der Waals surface area contributed by atoms with E-state index in [1.165, 1.54) is 40.7 Å². The van der Waals surface area contributed by atoms with Crippen molar-refractivity contribution in [3.05, 3.63) is 91.0 Å². The molecule has 12 nitrogen and oxygen atoms in total. The smallest absolute Gasteiger partial charge is 0.243 e. The van der Waals surface area contributed by atoms with Gasteiger partial charge in [0.15, 0.2) is 0 Å². The monoisotopic (exact) mass is 570 g/mol. The number of nitrogens with zero attached hydrogens (tertiary/aromatic N) is 6. The molecule has 0 unspecified atom stereocenters. The standard InChI is InChI=1S/C14H20N2O3.C13H12F2N6O/c17-13(15-12-8-4-3-5-9-12)10-6-1-2-7-11-14(18)16-19;14-10-1-2-11(12(15)3-10)13(22,4-20-8-16-6-18-20)5-21-9-17-7-19-21/h3-5,8-9,19H,1-2,6-7,10-11H2,(H,15,17)(H,16,18);1-3,6-9,22H,4-5H2. The van der Waals surface area contributed by atoms with Crippen molar-refractivity contribution in [1.82, 2.24) is 35.0 Å². The van der Waals surface area contributed by atoms with E-state index in [1.807, 2.05) is 30.3 Å². The van der Waals surface area contributed by atoms with Crippen molar-refractivity contribution in [1.29, 1.82) is 0 Å². The Labute approximate surface area is 235 Å². The average molecular weight is 571 g/mol. The van der Waals surface area contributed by atoms with Gasteiger partial charge in [0.2, 0.25) is 11.8 Å². The lowest BCUT2D eigenvalue weighted by molar-refractivity contribution is -0.129. The van der Waals surface area contributed by atoms with Crippen LogP contribution in [-0.4, -0.2) is 51.7 Å². The molecule has 41 heavy (non-hydrogen) atoms. The molecule has 2 amide bonds. The minimum atomic E-state index is -1.70. The Balaban J connectivity index is 0.000000229. The number of rotatable bonds is 13. The van der Waals surface area contributed by atoms with Gasteiger partial charge in [-0.1, -0.05) is 37.1 Å². The highest BCUT2D eigenvalue weighted by atomic mass is 19.1. The van der Waals surface area contributed by atoms with Gasteiger partial charge in [-0.25, -0.2) is 33.6 Å². The minimum Gasteiger partial charge on any atom is -0.381 e. The summed E-state index contributed by atoms with van der Waals surface area (Å²) in [5, 5.41) is 29.9. The summed E-state index contributed by atoms with van der Waals surface area (Å²) in [5.74, 6) is -1.91. The van der Waals surface area contributed by atoms with Gasteiger partial charge in [-0.05, 0) is 31.0 Å². The molecule has 0 saturated carbocycles. The van der Waals surface area contributed by atoms with Crippen LogP contribution in [0.1, 0.15) is 44.1 Å². The molecule has 0 aliphatic heterocycles. The zero-order valence-corrected chi connectivity index (χ0v) is 22.2. The van der Waals surface area contributed by atoms with E-state index in [-0.39, 0.29) is 30.5 Å². The van der Waals surface area contributed by atoms with E-state index in [1.54, 1.807) is 5.48 Å². The second kappa shape index (κ2) is 15.9. The zero-order valence-electron chi connectivity index (χ0n) is 22.2. The molecule has 4 rings (SSSR count). The van der Waals surface area contributed by atoms with Crippen molar-refractivity contribution in [2.75, 3.05) is 5.32 Å². The van der Waals surface area contributed by atoms with Crippen molar-refractivity contribution < 1.29 is 28.7 Å². The van der Waals surface area contributed by atoms with Gasteiger partial charge in [-0.2, -0.15) is 10.2 Å². The number of hydrogen-bond donors (Lipinski definition) is 4. The van der Waals surface area contributed by atoms with Crippen LogP contribution in [-0.2, 0) is 28.3 Å². The van der Waals surface area contributed by atoms with Crippen LogP contribution in [0.5, 0.6) is 0 Å². The number of benzene rings is 2. The first kappa shape index (κ1) is 31.0. The molecule has 0 bridgehead atoms. The van der Waals surface area contributed by atoms with Gasteiger partial charge in [0.25, 0.3) is 0 Å². The molecule has 2 aromatic heterocycles. The van der Waals surface area contributed by atoms with Crippen LogP contribution in [0.3, 0.4) is 0 Å². The maximum absolute atomic E-state index is 14.1. The van der Waals surface area contributed by atoms with E-state index in [4.69, 9.17) is 5.21 Å². The number of para-hydroxylation sites is 1. The quantitative estimate of drug-likeness (QED) is 0.108. The number of halogens is 2. The molecule has 4 aromatic rings. The van der Waals surface area contributed by atoms with Crippen LogP contribution in [0.15, 0.2) is 73.8 Å². The van der Waals surface area contributed by atoms with E-state index >= 15 is 0 Å². The number of hydroxylamine groups is 1. The highest BCUT2D eigenvalue weighted by Gasteiger charge is 2.34. The molecule has 14 heteroatoms. The number of unbranched alkanes of at least 4 members (excludes halogenated alkanes) is 3. The number of aromatic nitrogens is 6. The number of anilines is 1. The number of hydrogen-bond acceptors (Lipinski definition) is 8. The van der Waals surface area contributed by atoms with Crippen molar-refractivity contribution in [3.8, 4) is 0 Å². The van der Waals surface area contributed by atoms with Crippen molar-refractivity contribution in [2.45, 2.75) is 57.2 Å². The molecule has 0 aliphatic rings. The molecule has 0 spiro atoms. The summed E-state index contributed by atoms with van der Waals surface area (Å²) >= 11 is 0. The molecule has 0 saturated heterocycles.